The molecule has 3 fully saturated rings. The van der Waals surface area contributed by atoms with Gasteiger partial charge in [-0.25, -0.2) is 4.79 Å². The Morgan fingerprint density at radius 3 is 2.26 bits per heavy atom. The average molecular weight is 813 g/mol. The molecule has 5 aromatic rings. The molecule has 0 saturated heterocycles. The number of carbonyl (C=O) groups excluding carboxylic acids is 2. The maximum Gasteiger partial charge on any atom is 0.322 e. The second-order valence-electron chi connectivity index (χ2n) is 19.2. The largest absolute Gasteiger partial charge is 0.497 e. The van der Waals surface area contributed by atoms with Gasteiger partial charge in [-0.05, 0) is 114 Å². The Balaban J connectivity index is 1.06. The van der Waals surface area contributed by atoms with E-state index in [-0.39, 0.29) is 35.6 Å². The van der Waals surface area contributed by atoms with Gasteiger partial charge in [0.15, 0.2) is 5.78 Å². The van der Waals surface area contributed by atoms with Gasteiger partial charge in [-0.2, -0.15) is 0 Å². The Labute approximate surface area is 359 Å². The zero-order chi connectivity index (χ0) is 42.2. The van der Waals surface area contributed by atoms with Gasteiger partial charge in [0.05, 0.1) is 25.4 Å². The molecule has 61 heavy (non-hydrogen) atoms. The molecule has 0 aromatic heterocycles. The molecule has 8 atom stereocenters. The maximum absolute atomic E-state index is 15.6. The van der Waals surface area contributed by atoms with Crippen LogP contribution in [0.4, 0.5) is 10.5 Å². The van der Waals surface area contributed by atoms with Crippen molar-refractivity contribution < 1.29 is 24.5 Å². The van der Waals surface area contributed by atoms with Gasteiger partial charge in [0.2, 0.25) is 0 Å². The van der Waals surface area contributed by atoms with E-state index in [4.69, 9.17) is 4.74 Å². The molecule has 312 valence electrons. The lowest BCUT2D eigenvalue weighted by Gasteiger charge is -2.71. The molecule has 5 aromatic carbocycles. The molecule has 7 heteroatoms. The van der Waals surface area contributed by atoms with Gasteiger partial charge in [-0.15, -0.1) is 0 Å². The molecule has 0 heterocycles. The molecule has 1 unspecified atom stereocenters. The first-order chi connectivity index (χ1) is 29.4. The zero-order valence-corrected chi connectivity index (χ0v) is 35.4. The van der Waals surface area contributed by atoms with E-state index < -0.39 is 27.9 Å². The molecule has 0 aliphatic heterocycles. The number of fused-ring (bicyclic) bond motifs is 2. The van der Waals surface area contributed by atoms with E-state index in [1.807, 2.05) is 84.9 Å². The number of Topliss-reactive ketones (excluding diaryl/α,β-unsaturated/α-hetero) is 1. The van der Waals surface area contributed by atoms with E-state index in [2.05, 4.69) is 73.8 Å². The molecule has 3 N–H and O–H groups in total. The highest BCUT2D eigenvalue weighted by Crippen LogP contribution is 2.78. The molecule has 6 aliphatic carbocycles. The predicted molar refractivity (Wildman–Crippen MR) is 241 cm³/mol. The maximum atomic E-state index is 15.6. The first-order valence-electron chi connectivity index (χ1n) is 22.1. The third kappa shape index (κ3) is 5.98. The van der Waals surface area contributed by atoms with Gasteiger partial charge >= 0.3 is 6.03 Å². The van der Waals surface area contributed by atoms with Crippen molar-refractivity contribution in [3.8, 4) is 16.9 Å². The van der Waals surface area contributed by atoms with Gasteiger partial charge in [-0.3, -0.25) is 4.79 Å². The van der Waals surface area contributed by atoms with Crippen LogP contribution in [0.3, 0.4) is 0 Å². The van der Waals surface area contributed by atoms with Crippen molar-refractivity contribution in [3.63, 3.8) is 0 Å². The number of anilines is 1. The summed E-state index contributed by atoms with van der Waals surface area (Å²) in [4.78, 5) is 32.1. The molecule has 3 saturated carbocycles. The monoisotopic (exact) mass is 812 g/mol. The van der Waals surface area contributed by atoms with Crippen LogP contribution >= 0.6 is 0 Å². The second-order valence-corrected chi connectivity index (χ2v) is 19.2. The smallest absolute Gasteiger partial charge is 0.322 e. The number of methoxy groups -OCH3 is 1. The normalized spacial score (nSPS) is 32.0. The van der Waals surface area contributed by atoms with E-state index in [1.165, 1.54) is 0 Å². The molecule has 0 radical (unpaired) electrons. The van der Waals surface area contributed by atoms with E-state index >= 15 is 4.79 Å². The molecule has 11 rings (SSSR count). The average Bonchev–Trinajstić information content (AvgIpc) is 3.56. The zero-order valence-electron chi connectivity index (χ0n) is 35.4. The minimum Gasteiger partial charge on any atom is -0.497 e. The fourth-order valence-corrected chi connectivity index (χ4v) is 13.3. The second kappa shape index (κ2) is 14.6. The lowest BCUT2D eigenvalue weighted by atomic mass is 9.32. The summed E-state index contributed by atoms with van der Waals surface area (Å²) in [6.07, 6.45) is 11.6. The van der Waals surface area contributed by atoms with Gasteiger partial charge in [-0.1, -0.05) is 129 Å². The Bertz CT molecular complexity index is 2580. The summed E-state index contributed by atoms with van der Waals surface area (Å²) in [7, 11) is 1.62. The van der Waals surface area contributed by atoms with Crippen molar-refractivity contribution in [1.29, 1.82) is 0 Å². The van der Waals surface area contributed by atoms with E-state index in [0.717, 1.165) is 58.7 Å². The number of nitrogens with one attached hydrogen (secondary N) is 1. The number of allylic oxidation sites excluding steroid dienone is 4. The summed E-state index contributed by atoms with van der Waals surface area (Å²) >= 11 is 0. The number of hydrogen-bond acceptors (Lipinski definition) is 5. The van der Waals surface area contributed by atoms with Gasteiger partial charge < -0.3 is 25.2 Å². The van der Waals surface area contributed by atoms with Gasteiger partial charge in [0, 0.05) is 39.6 Å². The Morgan fingerprint density at radius 2 is 1.46 bits per heavy atom. The van der Waals surface area contributed by atoms with E-state index in [1.54, 1.807) is 12.0 Å². The van der Waals surface area contributed by atoms with Crippen LogP contribution in [0.5, 0.6) is 5.75 Å². The third-order valence-electron chi connectivity index (χ3n) is 16.5. The van der Waals surface area contributed by atoms with Crippen LogP contribution in [0.15, 0.2) is 145 Å². The van der Waals surface area contributed by atoms with Crippen LogP contribution in [0.25, 0.3) is 21.9 Å². The topological polar surface area (TPSA) is 99.1 Å². The number of urea groups is 1. The Hall–Kier alpha value is -5.50. The lowest BCUT2D eigenvalue weighted by molar-refractivity contribution is -0.174. The van der Waals surface area contributed by atoms with Crippen LogP contribution in [0.2, 0.25) is 0 Å². The van der Waals surface area contributed by atoms with Crippen LogP contribution in [0, 0.1) is 33.5 Å². The first kappa shape index (κ1) is 39.6. The number of ketones is 1. The summed E-state index contributed by atoms with van der Waals surface area (Å²) in [5.74, 6) is 0.817. The number of amides is 2. The summed E-state index contributed by atoms with van der Waals surface area (Å²) in [5, 5.41) is 30.0. The Morgan fingerprint density at radius 1 is 0.770 bits per heavy atom. The van der Waals surface area contributed by atoms with Crippen LogP contribution < -0.4 is 10.1 Å². The highest BCUT2D eigenvalue weighted by atomic mass is 16.5. The molecular weight excluding hydrogens is 757 g/mol. The number of hydrogen-bond donors (Lipinski definition) is 3. The quantitative estimate of drug-likeness (QED) is 0.102. The number of aliphatic hydroxyl groups is 2. The van der Waals surface area contributed by atoms with Crippen LogP contribution in [0.1, 0.15) is 74.7 Å². The van der Waals surface area contributed by atoms with Crippen molar-refractivity contribution in [3.05, 3.63) is 156 Å². The minimum absolute atomic E-state index is 0.0337. The fraction of sp³-hybridized carbons (Fsp3) is 0.370. The highest BCUT2D eigenvalue weighted by molar-refractivity contribution is 6.14. The van der Waals surface area contributed by atoms with Crippen molar-refractivity contribution in [2.45, 2.75) is 77.0 Å². The van der Waals surface area contributed by atoms with Crippen molar-refractivity contribution in [2.75, 3.05) is 19.0 Å². The molecular formula is C54H56N2O5. The number of carbonyl (C=O) groups is 2. The Kier molecular flexibility index (Phi) is 9.46. The van der Waals surface area contributed by atoms with Gasteiger partial charge in [0.1, 0.15) is 5.75 Å². The molecule has 2 amide bonds. The number of aliphatic hydroxyl groups excluding tert-OH is 1. The van der Waals surface area contributed by atoms with Crippen molar-refractivity contribution in [2.24, 2.45) is 33.5 Å². The van der Waals surface area contributed by atoms with E-state index in [0.29, 0.717) is 42.8 Å². The van der Waals surface area contributed by atoms with Crippen LogP contribution in [-0.2, 0) is 6.54 Å². The first-order valence-corrected chi connectivity index (χ1v) is 22.1. The van der Waals surface area contributed by atoms with E-state index in [9.17, 15) is 15.0 Å². The van der Waals surface area contributed by atoms with Gasteiger partial charge in [0.25, 0.3) is 0 Å². The third-order valence-corrected chi connectivity index (χ3v) is 16.5. The number of rotatable bonds is 9. The van der Waals surface area contributed by atoms with Crippen molar-refractivity contribution in [1.82, 2.24) is 4.90 Å². The summed E-state index contributed by atoms with van der Waals surface area (Å²) in [6.45, 7) is 5.09. The summed E-state index contributed by atoms with van der Waals surface area (Å²) < 4.78 is 5.38. The number of ether oxygens (including phenoxy) is 1. The van der Waals surface area contributed by atoms with Crippen molar-refractivity contribution >= 4 is 28.3 Å². The molecule has 2 bridgehead atoms. The highest BCUT2D eigenvalue weighted by Gasteiger charge is 2.74. The lowest BCUT2D eigenvalue weighted by Crippen LogP contribution is -2.67. The fourth-order valence-electron chi connectivity index (χ4n) is 13.3. The summed E-state index contributed by atoms with van der Waals surface area (Å²) in [6, 6.07) is 39.6. The van der Waals surface area contributed by atoms with Crippen LogP contribution in [-0.4, -0.2) is 52.3 Å². The molecule has 6 aliphatic rings. The minimum atomic E-state index is -1.25. The molecule has 7 nitrogen and oxygen atoms in total. The number of nitrogens with zero attached hydrogens (tertiary/aromatic N) is 1. The number of benzene rings is 5. The summed E-state index contributed by atoms with van der Waals surface area (Å²) in [5.41, 5.74) is 1.93. The predicted octanol–water partition coefficient (Wildman–Crippen LogP) is 11.0. The standard InChI is InChI=1S/C54H56N2O5/c1-50-27-24-40(57)32-52(50)30-31-54(45(33-52)48(58)44-19-10-9-18-43(44)37-12-5-4-6-13-37)46(50)25-28-51(2)47(54)26-29-53(51,60)35-56(49(59)55-39-20-22-41(61-3)23-21-39)34-38-16-11-15-36-14-7-8-17-42(36)38/h4-23,30-31,33,40,46-47,57,60H,24-29,32,34-35H2,1-3H3,(H,55,59)/t40?,46-,47-,50-,51+,52+,53-,54-/m1/s1. The molecule has 2 spiro atoms. The SMILES string of the molecule is COc1ccc(NC(=O)N(Cc2cccc3ccccc23)C[C@]2(O)CC[C@H]3[C@]45C=C[C@@]6(C=C4C(=O)c4ccccc4-c4ccccc4)CC(O)CC[C@]6(C)[C@H]5CC[C@@]32C)cc1.